The number of nitrogens with zero attached hydrogens (tertiary/aromatic N) is 2. The van der Waals surface area contributed by atoms with Crippen molar-refractivity contribution in [3.63, 3.8) is 0 Å². The van der Waals surface area contributed by atoms with E-state index in [1.807, 2.05) is 0 Å². The van der Waals surface area contributed by atoms with Crippen LogP contribution >= 0.6 is 0 Å². The lowest BCUT2D eigenvalue weighted by molar-refractivity contribution is 0.619. The zero-order valence-electron chi connectivity index (χ0n) is 8.74. The largest absolute Gasteiger partial charge is 0.384 e. The van der Waals surface area contributed by atoms with Crippen LogP contribution in [0.5, 0.6) is 0 Å². The molecule has 0 bridgehead atoms. The van der Waals surface area contributed by atoms with Gasteiger partial charge in [-0.15, -0.1) is 0 Å². The summed E-state index contributed by atoms with van der Waals surface area (Å²) in [6.45, 7) is 1.69. The van der Waals surface area contributed by atoms with Gasteiger partial charge in [-0.3, -0.25) is 0 Å². The summed E-state index contributed by atoms with van der Waals surface area (Å²) >= 11 is 0. The van der Waals surface area contributed by atoms with Crippen LogP contribution in [0, 0.1) is 12.7 Å². The first-order valence-corrected chi connectivity index (χ1v) is 4.73. The normalized spacial score (nSPS) is 10.4. The molecule has 0 radical (unpaired) electrons. The highest BCUT2D eigenvalue weighted by atomic mass is 19.1. The molecule has 0 saturated carbocycles. The van der Waals surface area contributed by atoms with Gasteiger partial charge < -0.3 is 11.5 Å². The highest BCUT2D eigenvalue weighted by molar-refractivity contribution is 5.64. The fraction of sp³-hybridized carbons (Fsp3) is 0.0909. The number of hydrogen-bond acceptors (Lipinski definition) is 4. The van der Waals surface area contributed by atoms with Crippen molar-refractivity contribution in [1.29, 1.82) is 0 Å². The Balaban J connectivity index is 2.54. The lowest BCUT2D eigenvalue weighted by Crippen LogP contribution is -2.00. The van der Waals surface area contributed by atoms with Crippen molar-refractivity contribution in [2.45, 2.75) is 6.92 Å². The van der Waals surface area contributed by atoms with E-state index in [0.29, 0.717) is 17.1 Å². The smallest absolute Gasteiger partial charge is 0.222 e. The first-order chi connectivity index (χ1) is 7.56. The van der Waals surface area contributed by atoms with Crippen LogP contribution in [0.15, 0.2) is 24.3 Å². The van der Waals surface area contributed by atoms with Gasteiger partial charge in [0.1, 0.15) is 11.6 Å². The Bertz CT molecular complexity index is 519. The van der Waals surface area contributed by atoms with E-state index in [0.717, 1.165) is 5.56 Å². The van der Waals surface area contributed by atoms with Crippen molar-refractivity contribution in [3.05, 3.63) is 35.6 Å². The number of benzene rings is 1. The van der Waals surface area contributed by atoms with E-state index in [2.05, 4.69) is 9.97 Å². The van der Waals surface area contributed by atoms with Crippen molar-refractivity contribution in [2.24, 2.45) is 0 Å². The predicted octanol–water partition coefficient (Wildman–Crippen LogP) is 1.76. The van der Waals surface area contributed by atoms with E-state index in [1.54, 1.807) is 25.1 Å². The van der Waals surface area contributed by atoms with Gasteiger partial charge in [-0.1, -0.05) is 0 Å². The summed E-state index contributed by atoms with van der Waals surface area (Å²) in [5, 5.41) is 0. The van der Waals surface area contributed by atoms with Crippen molar-refractivity contribution in [1.82, 2.24) is 9.97 Å². The molecule has 0 amide bonds. The first-order valence-electron chi connectivity index (χ1n) is 4.73. The molecule has 0 saturated heterocycles. The SMILES string of the molecule is Cc1cc(-c2cc(N)nc(N)n2)ccc1F. The highest BCUT2D eigenvalue weighted by Gasteiger charge is 2.05. The fourth-order valence-electron chi connectivity index (χ4n) is 1.44. The van der Waals surface area contributed by atoms with E-state index in [1.165, 1.54) is 6.07 Å². The molecule has 4 N–H and O–H groups in total. The zero-order valence-corrected chi connectivity index (χ0v) is 8.74. The molecule has 0 atom stereocenters. The quantitative estimate of drug-likeness (QED) is 0.764. The van der Waals surface area contributed by atoms with Crippen LogP contribution in [0.3, 0.4) is 0 Å². The summed E-state index contributed by atoms with van der Waals surface area (Å²) < 4.78 is 13.1. The first kappa shape index (κ1) is 10.4. The van der Waals surface area contributed by atoms with Crippen LogP contribution in [-0.2, 0) is 0 Å². The van der Waals surface area contributed by atoms with Crippen molar-refractivity contribution in [2.75, 3.05) is 11.5 Å². The minimum Gasteiger partial charge on any atom is -0.384 e. The van der Waals surface area contributed by atoms with E-state index < -0.39 is 0 Å². The van der Waals surface area contributed by atoms with Gasteiger partial charge >= 0.3 is 0 Å². The molecule has 82 valence electrons. The molecular weight excluding hydrogens is 207 g/mol. The average molecular weight is 218 g/mol. The monoisotopic (exact) mass is 218 g/mol. The summed E-state index contributed by atoms with van der Waals surface area (Å²) in [6, 6.07) is 6.31. The molecule has 0 aliphatic rings. The number of aromatic nitrogens is 2. The zero-order chi connectivity index (χ0) is 11.7. The van der Waals surface area contributed by atoms with Gasteiger partial charge in [0, 0.05) is 11.6 Å². The Morgan fingerprint density at radius 1 is 1.12 bits per heavy atom. The third kappa shape index (κ3) is 1.93. The molecule has 5 heteroatoms. The van der Waals surface area contributed by atoms with Gasteiger partial charge in [0.15, 0.2) is 0 Å². The maximum atomic E-state index is 13.1. The Hall–Kier alpha value is -2.17. The second-order valence-electron chi connectivity index (χ2n) is 3.50. The molecule has 0 spiro atoms. The minimum absolute atomic E-state index is 0.108. The van der Waals surface area contributed by atoms with Gasteiger partial charge in [-0.05, 0) is 30.7 Å². The van der Waals surface area contributed by atoms with E-state index >= 15 is 0 Å². The third-order valence-electron chi connectivity index (χ3n) is 2.22. The van der Waals surface area contributed by atoms with Crippen LogP contribution in [0.4, 0.5) is 16.2 Å². The van der Waals surface area contributed by atoms with Crippen LogP contribution in [0.1, 0.15) is 5.56 Å². The van der Waals surface area contributed by atoms with Crippen LogP contribution in [-0.4, -0.2) is 9.97 Å². The topological polar surface area (TPSA) is 77.8 Å². The molecule has 1 aromatic carbocycles. The molecule has 1 heterocycles. The van der Waals surface area contributed by atoms with Gasteiger partial charge in [0.25, 0.3) is 0 Å². The maximum absolute atomic E-state index is 13.1. The predicted molar refractivity (Wildman–Crippen MR) is 61.0 cm³/mol. The lowest BCUT2D eigenvalue weighted by Gasteiger charge is -2.04. The molecule has 0 unspecified atom stereocenters. The number of aryl methyl sites for hydroxylation is 1. The summed E-state index contributed by atoms with van der Waals surface area (Å²) in [5.41, 5.74) is 13.0. The summed E-state index contributed by atoms with van der Waals surface area (Å²) in [5.74, 6) is 0.153. The molecule has 1 aromatic heterocycles. The fourth-order valence-corrected chi connectivity index (χ4v) is 1.44. The number of hydrogen-bond donors (Lipinski definition) is 2. The molecule has 0 aliphatic heterocycles. The Kier molecular flexibility index (Phi) is 2.44. The van der Waals surface area contributed by atoms with Crippen molar-refractivity contribution < 1.29 is 4.39 Å². The number of nitrogens with two attached hydrogens (primary N) is 2. The van der Waals surface area contributed by atoms with Gasteiger partial charge in [0.05, 0.1) is 5.69 Å². The standard InChI is InChI=1S/C11H11FN4/c1-6-4-7(2-3-8(6)12)9-5-10(13)16-11(14)15-9/h2-5H,1H3,(H4,13,14,15,16). The molecular formula is C11H11FN4. The van der Waals surface area contributed by atoms with Crippen LogP contribution in [0.2, 0.25) is 0 Å². The van der Waals surface area contributed by atoms with Gasteiger partial charge in [-0.25, -0.2) is 9.37 Å². The Morgan fingerprint density at radius 2 is 1.88 bits per heavy atom. The second kappa shape index (κ2) is 3.77. The highest BCUT2D eigenvalue weighted by Crippen LogP contribution is 2.21. The van der Waals surface area contributed by atoms with Crippen LogP contribution < -0.4 is 11.5 Å². The summed E-state index contributed by atoms with van der Waals surface area (Å²) in [4.78, 5) is 7.81. The average Bonchev–Trinajstić information content (AvgIpc) is 2.20. The number of anilines is 2. The van der Waals surface area contributed by atoms with Crippen molar-refractivity contribution >= 4 is 11.8 Å². The minimum atomic E-state index is -0.251. The number of halogens is 1. The molecule has 0 fully saturated rings. The van der Waals surface area contributed by atoms with Gasteiger partial charge in [-0.2, -0.15) is 4.98 Å². The Morgan fingerprint density at radius 3 is 2.50 bits per heavy atom. The Labute approximate surface area is 92.1 Å². The third-order valence-corrected chi connectivity index (χ3v) is 2.22. The van der Waals surface area contributed by atoms with Gasteiger partial charge in [0.2, 0.25) is 5.95 Å². The van der Waals surface area contributed by atoms with Crippen molar-refractivity contribution in [3.8, 4) is 11.3 Å². The number of nitrogen functional groups attached to an aromatic ring is 2. The second-order valence-corrected chi connectivity index (χ2v) is 3.50. The molecule has 0 aliphatic carbocycles. The summed E-state index contributed by atoms with van der Waals surface area (Å²) in [7, 11) is 0. The van der Waals surface area contributed by atoms with E-state index in [-0.39, 0.29) is 11.8 Å². The van der Waals surface area contributed by atoms with Crippen LogP contribution in [0.25, 0.3) is 11.3 Å². The van der Waals surface area contributed by atoms with E-state index in [4.69, 9.17) is 11.5 Å². The number of rotatable bonds is 1. The molecule has 16 heavy (non-hydrogen) atoms. The summed E-state index contributed by atoms with van der Waals surface area (Å²) in [6.07, 6.45) is 0. The molecule has 2 aromatic rings. The van der Waals surface area contributed by atoms with E-state index in [9.17, 15) is 4.39 Å². The maximum Gasteiger partial charge on any atom is 0.222 e. The molecule has 4 nitrogen and oxygen atoms in total. The molecule has 2 rings (SSSR count). The lowest BCUT2D eigenvalue weighted by atomic mass is 10.1.